The van der Waals surface area contributed by atoms with Crippen LogP contribution in [-0.4, -0.2) is 50.3 Å². The largest absolute Gasteiger partial charge is 0.391 e. The summed E-state index contributed by atoms with van der Waals surface area (Å²) in [5.41, 5.74) is 3.39. The molecule has 0 spiro atoms. The first-order chi connectivity index (χ1) is 15.8. The molecule has 1 aromatic carbocycles. The lowest BCUT2D eigenvalue weighted by atomic mass is 10.0. The smallest absolute Gasteiger partial charge is 0.248 e. The highest BCUT2D eigenvalue weighted by molar-refractivity contribution is 7.13. The number of hydrogen-bond donors (Lipinski definition) is 2. The average molecular weight is 467 g/mol. The van der Waals surface area contributed by atoms with Crippen LogP contribution < -0.4 is 5.32 Å². The minimum atomic E-state index is -0.719. The molecule has 174 valence electrons. The summed E-state index contributed by atoms with van der Waals surface area (Å²) in [5, 5.41) is 19.5. The highest BCUT2D eigenvalue weighted by Gasteiger charge is 2.42. The number of aromatic nitrogens is 2. The van der Waals surface area contributed by atoms with E-state index < -0.39 is 18.2 Å². The minimum Gasteiger partial charge on any atom is -0.391 e. The Morgan fingerprint density at radius 3 is 2.61 bits per heavy atom. The van der Waals surface area contributed by atoms with Gasteiger partial charge in [0.2, 0.25) is 11.8 Å². The fourth-order valence-corrected chi connectivity index (χ4v) is 5.31. The van der Waals surface area contributed by atoms with Gasteiger partial charge < -0.3 is 15.3 Å². The number of nitrogens with zero attached hydrogens (tertiary/aromatic N) is 3. The van der Waals surface area contributed by atoms with E-state index in [1.54, 1.807) is 34.5 Å². The van der Waals surface area contributed by atoms with E-state index in [2.05, 4.69) is 40.9 Å². The Kier molecular flexibility index (Phi) is 6.95. The zero-order valence-corrected chi connectivity index (χ0v) is 20.0. The maximum Gasteiger partial charge on any atom is 0.248 e. The van der Waals surface area contributed by atoms with Gasteiger partial charge in [-0.2, -0.15) is 5.10 Å². The van der Waals surface area contributed by atoms with Crippen molar-refractivity contribution in [3.8, 4) is 10.4 Å². The van der Waals surface area contributed by atoms with Crippen LogP contribution in [0.2, 0.25) is 0 Å². The number of rotatable bonds is 7. The van der Waals surface area contributed by atoms with Crippen LogP contribution in [0.3, 0.4) is 0 Å². The number of carbonyl (C=O) groups excluding carboxylic acids is 2. The number of hydrogen-bond acceptors (Lipinski definition) is 5. The Morgan fingerprint density at radius 2 is 2.00 bits per heavy atom. The van der Waals surface area contributed by atoms with E-state index in [1.807, 2.05) is 26.0 Å². The molecule has 3 atom stereocenters. The fraction of sp³-hybridized carbons (Fsp3) is 0.400. The second-order valence-corrected chi connectivity index (χ2v) is 9.83. The van der Waals surface area contributed by atoms with Gasteiger partial charge in [-0.05, 0) is 47.0 Å². The summed E-state index contributed by atoms with van der Waals surface area (Å²) in [6.45, 7) is 6.51. The van der Waals surface area contributed by atoms with Gasteiger partial charge in [-0.25, -0.2) is 0 Å². The lowest BCUT2D eigenvalue weighted by molar-refractivity contribution is -0.142. The number of carbonyl (C=O) groups is 2. The summed E-state index contributed by atoms with van der Waals surface area (Å²) in [6.07, 6.45) is 2.91. The first kappa shape index (κ1) is 23.2. The molecule has 33 heavy (non-hydrogen) atoms. The molecule has 1 saturated heterocycles. The van der Waals surface area contributed by atoms with Crippen LogP contribution in [0.5, 0.6) is 0 Å². The number of aryl methyl sites for hydroxylation is 1. The summed E-state index contributed by atoms with van der Waals surface area (Å²) in [4.78, 5) is 29.1. The number of benzene rings is 1. The first-order valence-corrected chi connectivity index (χ1v) is 12.1. The molecule has 0 unspecified atom stereocenters. The molecule has 3 aromatic rings. The Labute approximate surface area is 198 Å². The molecule has 3 heterocycles. The third-order valence-corrected chi connectivity index (χ3v) is 7.17. The monoisotopic (exact) mass is 466 g/mol. The van der Waals surface area contributed by atoms with Gasteiger partial charge in [0.15, 0.2) is 0 Å². The summed E-state index contributed by atoms with van der Waals surface area (Å²) < 4.78 is 1.63. The topological polar surface area (TPSA) is 87.5 Å². The van der Waals surface area contributed by atoms with Crippen LogP contribution in [-0.2, 0) is 16.1 Å². The quantitative estimate of drug-likeness (QED) is 0.559. The van der Waals surface area contributed by atoms with Crippen molar-refractivity contribution in [3.05, 3.63) is 65.3 Å². The number of amides is 2. The molecule has 4 rings (SSSR count). The molecule has 2 N–H and O–H groups in total. The molecule has 8 heteroatoms. The maximum absolute atomic E-state index is 13.4. The van der Waals surface area contributed by atoms with Gasteiger partial charge in [0, 0.05) is 36.8 Å². The second kappa shape index (κ2) is 9.89. The minimum absolute atomic E-state index is 0.00986. The zero-order valence-electron chi connectivity index (χ0n) is 19.1. The molecule has 2 aromatic heterocycles. The number of likely N-dealkylation sites (tertiary alicyclic amines) is 1. The lowest BCUT2D eigenvalue weighted by Gasteiger charge is -2.30. The van der Waals surface area contributed by atoms with Gasteiger partial charge in [-0.1, -0.05) is 38.1 Å². The third-order valence-electron chi connectivity index (χ3n) is 6.10. The van der Waals surface area contributed by atoms with Gasteiger partial charge in [0.1, 0.15) is 12.1 Å². The van der Waals surface area contributed by atoms with E-state index in [-0.39, 0.29) is 30.7 Å². The van der Waals surface area contributed by atoms with E-state index in [0.29, 0.717) is 6.54 Å². The van der Waals surface area contributed by atoms with Gasteiger partial charge in [-0.3, -0.25) is 14.3 Å². The molecular weight excluding hydrogens is 436 g/mol. The van der Waals surface area contributed by atoms with E-state index in [1.165, 1.54) is 15.3 Å². The number of nitrogens with one attached hydrogen (secondary N) is 1. The zero-order chi connectivity index (χ0) is 23.5. The Morgan fingerprint density at radius 1 is 1.24 bits per heavy atom. The predicted molar refractivity (Wildman–Crippen MR) is 129 cm³/mol. The van der Waals surface area contributed by atoms with Crippen molar-refractivity contribution < 1.29 is 14.7 Å². The van der Waals surface area contributed by atoms with Crippen LogP contribution in [0.1, 0.15) is 37.4 Å². The standard InChI is InChI=1S/C25H30N4O3S/c1-16(2)22(29-11-4-10-27-29)25(32)28-15-20(30)13-21(28)24(31)26-14-18-5-7-19(8-6-18)23-17(3)9-12-33-23/h4-12,16,20-22,30H,13-15H2,1-3H3,(H,26,31)/t20-,21+,22+/m1/s1. The Balaban J connectivity index is 1.42. The first-order valence-electron chi connectivity index (χ1n) is 11.2. The van der Waals surface area contributed by atoms with Crippen molar-refractivity contribution in [1.29, 1.82) is 0 Å². The molecule has 1 aliphatic heterocycles. The maximum atomic E-state index is 13.4. The van der Waals surface area contributed by atoms with Crippen LogP contribution in [0, 0.1) is 12.8 Å². The Bertz CT molecular complexity index is 1090. The van der Waals surface area contributed by atoms with E-state index >= 15 is 0 Å². The molecular formula is C25H30N4O3S. The SMILES string of the molecule is Cc1ccsc1-c1ccc(CNC(=O)[C@@H]2C[C@@H](O)CN2C(=O)[C@H](C(C)C)n2cccn2)cc1. The van der Waals surface area contributed by atoms with Gasteiger partial charge in [0.05, 0.1) is 6.10 Å². The molecule has 7 nitrogen and oxygen atoms in total. The van der Waals surface area contributed by atoms with Crippen LogP contribution in [0.4, 0.5) is 0 Å². The van der Waals surface area contributed by atoms with Gasteiger partial charge in [-0.15, -0.1) is 11.3 Å². The van der Waals surface area contributed by atoms with Crippen molar-refractivity contribution in [2.45, 2.75) is 51.9 Å². The van der Waals surface area contributed by atoms with E-state index in [9.17, 15) is 14.7 Å². The fourth-order valence-electron chi connectivity index (χ4n) is 4.37. The molecule has 1 aliphatic rings. The van der Waals surface area contributed by atoms with Crippen LogP contribution >= 0.6 is 11.3 Å². The van der Waals surface area contributed by atoms with E-state index in [0.717, 1.165) is 11.1 Å². The van der Waals surface area contributed by atoms with Crippen molar-refractivity contribution >= 4 is 23.2 Å². The summed E-state index contributed by atoms with van der Waals surface area (Å²) >= 11 is 1.71. The molecule has 2 amide bonds. The number of aliphatic hydroxyl groups excluding tert-OH is 1. The van der Waals surface area contributed by atoms with Crippen LogP contribution in [0.15, 0.2) is 54.2 Å². The van der Waals surface area contributed by atoms with Crippen molar-refractivity contribution in [2.24, 2.45) is 5.92 Å². The summed E-state index contributed by atoms with van der Waals surface area (Å²) in [5.74, 6) is -0.452. The number of thiophene rings is 1. The molecule has 0 saturated carbocycles. The second-order valence-electron chi connectivity index (χ2n) is 8.92. The molecule has 1 fully saturated rings. The number of β-amino-alcohol motifs (C(OH)–C–C–N with tert-alkyl or cyclic N) is 1. The third kappa shape index (κ3) is 5.02. The normalized spacial score (nSPS) is 19.1. The van der Waals surface area contributed by atoms with Crippen molar-refractivity contribution in [3.63, 3.8) is 0 Å². The summed E-state index contributed by atoms with van der Waals surface area (Å²) in [7, 11) is 0. The summed E-state index contributed by atoms with van der Waals surface area (Å²) in [6, 6.07) is 10.8. The number of aliphatic hydroxyl groups is 1. The van der Waals surface area contributed by atoms with Gasteiger partial charge >= 0.3 is 0 Å². The molecule has 0 bridgehead atoms. The predicted octanol–water partition coefficient (Wildman–Crippen LogP) is 3.40. The Hall–Kier alpha value is -2.97. The highest BCUT2D eigenvalue weighted by Crippen LogP contribution is 2.29. The van der Waals surface area contributed by atoms with E-state index in [4.69, 9.17) is 0 Å². The van der Waals surface area contributed by atoms with Crippen LogP contribution in [0.25, 0.3) is 10.4 Å². The van der Waals surface area contributed by atoms with Gasteiger partial charge in [0.25, 0.3) is 0 Å². The molecule has 0 radical (unpaired) electrons. The average Bonchev–Trinajstić information content (AvgIpc) is 3.54. The lowest BCUT2D eigenvalue weighted by Crippen LogP contribution is -2.49. The highest BCUT2D eigenvalue weighted by atomic mass is 32.1. The molecule has 0 aliphatic carbocycles. The van der Waals surface area contributed by atoms with Crippen molar-refractivity contribution in [2.75, 3.05) is 6.54 Å². The van der Waals surface area contributed by atoms with Crippen molar-refractivity contribution in [1.82, 2.24) is 20.0 Å².